The van der Waals surface area contributed by atoms with Crippen LogP contribution in [0.15, 0.2) is 61.3 Å². The maximum Gasteiger partial charge on any atom is 0.416 e. The summed E-state index contributed by atoms with van der Waals surface area (Å²) in [4.78, 5) is 20.5. The van der Waals surface area contributed by atoms with Crippen molar-refractivity contribution in [2.24, 2.45) is 11.8 Å². The molecule has 0 spiro atoms. The van der Waals surface area contributed by atoms with Crippen molar-refractivity contribution in [3.63, 3.8) is 0 Å². The van der Waals surface area contributed by atoms with Gasteiger partial charge in [-0.2, -0.15) is 26.3 Å². The van der Waals surface area contributed by atoms with Crippen LogP contribution in [0.2, 0.25) is 0 Å². The summed E-state index contributed by atoms with van der Waals surface area (Å²) in [7, 11) is 1.56. The Morgan fingerprint density at radius 2 is 1.78 bits per heavy atom. The van der Waals surface area contributed by atoms with Crippen molar-refractivity contribution in [3.05, 3.63) is 78.0 Å². The Hall–Kier alpha value is -3.91. The molecule has 1 amide bonds. The Morgan fingerprint density at radius 3 is 2.37 bits per heavy atom. The molecule has 6 rings (SSSR count). The maximum absolute atomic E-state index is 13.7. The van der Waals surface area contributed by atoms with E-state index in [9.17, 15) is 31.1 Å². The second kappa shape index (κ2) is 13.1. The first-order valence-corrected chi connectivity index (χ1v) is 15.1. The van der Waals surface area contributed by atoms with Gasteiger partial charge in [-0.1, -0.05) is 6.08 Å². The number of methoxy groups -OCH3 is 1. The van der Waals surface area contributed by atoms with Crippen LogP contribution in [0.1, 0.15) is 42.5 Å². The van der Waals surface area contributed by atoms with Gasteiger partial charge in [0.25, 0.3) is 0 Å². The lowest BCUT2D eigenvalue weighted by Gasteiger charge is -2.51. The van der Waals surface area contributed by atoms with Crippen molar-refractivity contribution in [2.75, 3.05) is 25.5 Å². The lowest BCUT2D eigenvalue weighted by atomic mass is 9.73. The number of carbonyl (C=O) groups is 1. The first-order valence-electron chi connectivity index (χ1n) is 14.6. The predicted molar refractivity (Wildman–Crippen MR) is 166 cm³/mol. The third-order valence-electron chi connectivity index (χ3n) is 8.74. The number of fused-ring (bicyclic) bond motifs is 4. The number of aromatic nitrogens is 1. The minimum Gasteiger partial charge on any atom is -0.497 e. The van der Waals surface area contributed by atoms with E-state index in [2.05, 4.69) is 32.4 Å². The zero-order valence-corrected chi connectivity index (χ0v) is 25.8. The van der Waals surface area contributed by atoms with Gasteiger partial charge in [0.2, 0.25) is 5.91 Å². The number of benzene rings is 2. The molecule has 0 radical (unpaired) electrons. The molecule has 4 heterocycles. The molecule has 46 heavy (non-hydrogen) atoms. The van der Waals surface area contributed by atoms with E-state index in [1.54, 1.807) is 19.4 Å². The second-order valence-corrected chi connectivity index (χ2v) is 12.0. The zero-order chi connectivity index (χ0) is 33.4. The third kappa shape index (κ3) is 7.22. The molecule has 3 saturated heterocycles. The van der Waals surface area contributed by atoms with Crippen molar-refractivity contribution in [1.82, 2.24) is 20.5 Å². The van der Waals surface area contributed by atoms with Crippen LogP contribution < -0.4 is 20.7 Å². The van der Waals surface area contributed by atoms with Crippen LogP contribution in [0.4, 0.5) is 32.0 Å². The molecule has 6 atom stereocenters. The SMILES string of the molecule is C=CC1CN2CCC1C[C@H]2[C@@H](NC(=O)[C@H](C)NC(=S)Nc1cc(C(F)(F)F)cc(C(F)(F)F)c1)c1ccnc2ccc(OC)cc12. The Bertz CT molecular complexity index is 1600. The third-order valence-corrected chi connectivity index (χ3v) is 8.96. The molecule has 0 aliphatic carbocycles. The van der Waals surface area contributed by atoms with Crippen LogP contribution in [-0.2, 0) is 17.1 Å². The Labute approximate surface area is 267 Å². The van der Waals surface area contributed by atoms with Gasteiger partial charge in [0.05, 0.1) is 29.8 Å². The highest BCUT2D eigenvalue weighted by Crippen LogP contribution is 2.42. The summed E-state index contributed by atoms with van der Waals surface area (Å²) >= 11 is 5.19. The summed E-state index contributed by atoms with van der Waals surface area (Å²) in [6, 6.07) is 6.89. The van der Waals surface area contributed by atoms with E-state index >= 15 is 0 Å². The van der Waals surface area contributed by atoms with Gasteiger partial charge in [-0.25, -0.2) is 0 Å². The number of alkyl halides is 6. The molecule has 2 bridgehead atoms. The minimum atomic E-state index is -5.02. The lowest BCUT2D eigenvalue weighted by molar-refractivity contribution is -0.143. The molecule has 3 aliphatic heterocycles. The number of carbonyl (C=O) groups excluding carboxylic acids is 1. The van der Waals surface area contributed by atoms with Gasteiger partial charge in [-0.15, -0.1) is 6.58 Å². The number of ether oxygens (including phenoxy) is 1. The number of amides is 1. The number of thiocarbonyl (C=S) groups is 1. The number of rotatable bonds is 8. The molecular formula is C32H33F6N5O2S. The number of piperidine rings is 3. The van der Waals surface area contributed by atoms with E-state index in [0.717, 1.165) is 36.9 Å². The molecule has 3 N–H and O–H groups in total. The van der Waals surface area contributed by atoms with E-state index in [1.165, 1.54) is 6.92 Å². The lowest BCUT2D eigenvalue weighted by Crippen LogP contribution is -2.58. The van der Waals surface area contributed by atoms with Crippen molar-refractivity contribution >= 4 is 39.8 Å². The molecule has 2 aromatic carbocycles. The number of hydrogen-bond donors (Lipinski definition) is 3. The molecular weight excluding hydrogens is 632 g/mol. The highest BCUT2D eigenvalue weighted by atomic mass is 32.1. The van der Waals surface area contributed by atoms with Crippen molar-refractivity contribution in [2.45, 2.75) is 50.2 Å². The molecule has 3 aliphatic rings. The molecule has 3 unspecified atom stereocenters. The summed E-state index contributed by atoms with van der Waals surface area (Å²) in [5, 5.41) is 8.71. The zero-order valence-electron chi connectivity index (χ0n) is 25.0. The highest BCUT2D eigenvalue weighted by Gasteiger charge is 2.43. The minimum absolute atomic E-state index is 0.0292. The maximum atomic E-state index is 13.7. The molecule has 14 heteroatoms. The topological polar surface area (TPSA) is 78.5 Å². The summed E-state index contributed by atoms with van der Waals surface area (Å²) in [6.45, 7) is 7.16. The Balaban J connectivity index is 1.38. The van der Waals surface area contributed by atoms with Gasteiger partial charge in [-0.3, -0.25) is 14.7 Å². The quantitative estimate of drug-likeness (QED) is 0.140. The fourth-order valence-electron chi connectivity index (χ4n) is 6.38. The number of nitrogens with zero attached hydrogens (tertiary/aromatic N) is 2. The predicted octanol–water partition coefficient (Wildman–Crippen LogP) is 6.71. The molecule has 3 aromatic rings. The number of nitrogens with one attached hydrogen (secondary N) is 3. The summed E-state index contributed by atoms with van der Waals surface area (Å²) < 4.78 is 85.4. The van der Waals surface area contributed by atoms with Crippen LogP contribution in [0.5, 0.6) is 5.75 Å². The van der Waals surface area contributed by atoms with Crippen LogP contribution in [0.3, 0.4) is 0 Å². The van der Waals surface area contributed by atoms with Crippen LogP contribution in [0, 0.1) is 11.8 Å². The average Bonchev–Trinajstić information content (AvgIpc) is 3.02. The highest BCUT2D eigenvalue weighted by molar-refractivity contribution is 7.80. The summed E-state index contributed by atoms with van der Waals surface area (Å²) in [5.41, 5.74) is -1.95. The molecule has 7 nitrogen and oxygen atoms in total. The number of halogens is 6. The van der Waals surface area contributed by atoms with E-state index in [1.807, 2.05) is 24.3 Å². The normalized spacial score (nSPS) is 22.5. The molecule has 246 valence electrons. The van der Waals surface area contributed by atoms with Gasteiger partial charge >= 0.3 is 12.4 Å². The molecule has 1 aromatic heterocycles. The number of anilines is 1. The van der Waals surface area contributed by atoms with Gasteiger partial charge in [0.1, 0.15) is 11.8 Å². The Morgan fingerprint density at radius 1 is 1.09 bits per heavy atom. The monoisotopic (exact) mass is 665 g/mol. The second-order valence-electron chi connectivity index (χ2n) is 11.6. The Kier molecular flexibility index (Phi) is 9.50. The first-order chi connectivity index (χ1) is 21.7. The number of hydrogen-bond acceptors (Lipinski definition) is 5. The van der Waals surface area contributed by atoms with Gasteiger partial charge < -0.3 is 20.7 Å². The van der Waals surface area contributed by atoms with Crippen LogP contribution in [-0.4, -0.2) is 53.2 Å². The van der Waals surface area contributed by atoms with Crippen molar-refractivity contribution in [3.8, 4) is 5.75 Å². The summed E-state index contributed by atoms with van der Waals surface area (Å²) in [5.74, 6) is 0.896. The van der Waals surface area contributed by atoms with Crippen molar-refractivity contribution in [1.29, 1.82) is 0 Å². The van der Waals surface area contributed by atoms with Crippen LogP contribution >= 0.6 is 12.2 Å². The number of pyridine rings is 1. The van der Waals surface area contributed by atoms with E-state index in [-0.39, 0.29) is 17.2 Å². The fourth-order valence-corrected chi connectivity index (χ4v) is 6.68. The molecule has 0 saturated carbocycles. The fraction of sp³-hybridized carbons (Fsp3) is 0.406. The summed E-state index contributed by atoms with van der Waals surface area (Å²) in [6.07, 6.45) is -4.55. The van der Waals surface area contributed by atoms with Crippen LogP contribution in [0.25, 0.3) is 10.9 Å². The van der Waals surface area contributed by atoms with E-state index in [4.69, 9.17) is 17.0 Å². The van der Waals surface area contributed by atoms with Gasteiger partial charge in [0, 0.05) is 29.9 Å². The van der Waals surface area contributed by atoms with E-state index in [0.29, 0.717) is 35.2 Å². The first kappa shape index (κ1) is 33.5. The average molecular weight is 666 g/mol. The largest absolute Gasteiger partial charge is 0.497 e. The smallest absolute Gasteiger partial charge is 0.416 e. The molecule has 3 fully saturated rings. The van der Waals surface area contributed by atoms with Crippen molar-refractivity contribution < 1.29 is 35.9 Å². The van der Waals surface area contributed by atoms with E-state index < -0.39 is 47.2 Å². The van der Waals surface area contributed by atoms with Gasteiger partial charge in [0.15, 0.2) is 5.11 Å². The standard InChI is InChI=1S/C32H33F6N5O2S/c1-4-18-16-43-10-8-19(18)11-27(43)28(24-7-9-39-26-6-5-23(45-3)15-25(24)26)42-29(44)17(2)40-30(46)41-22-13-20(31(33,34)35)12-21(14-22)32(36,37)38/h4-7,9,12-15,17-19,27-28H,1,8,10-11,16H2,2-3H3,(H,42,44)(H2,40,41,46)/t17-,18?,19?,27-,28-/m0/s1. The van der Waals surface area contributed by atoms with Gasteiger partial charge in [-0.05, 0) is 98.4 Å².